The number of nitrogens with one attached hydrogen (secondary N) is 1. The van der Waals surface area contributed by atoms with Gasteiger partial charge in [-0.2, -0.15) is 0 Å². The van der Waals surface area contributed by atoms with E-state index >= 15 is 0 Å². The molecule has 2 fully saturated rings. The van der Waals surface area contributed by atoms with E-state index in [1.165, 1.54) is 0 Å². The van der Waals surface area contributed by atoms with Crippen molar-refractivity contribution in [3.63, 3.8) is 0 Å². The fraction of sp³-hybridized carbons (Fsp3) is 0.385. The number of carbonyl (C=O) groups excluding carboxylic acids is 1. The van der Waals surface area contributed by atoms with Crippen LogP contribution in [0.2, 0.25) is 0 Å². The largest absolute Gasteiger partial charge is 0.488 e. The zero-order chi connectivity index (χ0) is 25.0. The number of morpholine rings is 1. The predicted octanol–water partition coefficient (Wildman–Crippen LogP) is 2.56. The first-order valence-electron chi connectivity index (χ1n) is 12.6. The first-order valence-corrected chi connectivity index (χ1v) is 12.6. The molecule has 0 radical (unpaired) electrons. The number of amides is 1. The van der Waals surface area contributed by atoms with Gasteiger partial charge in [0, 0.05) is 43.3 Å². The van der Waals surface area contributed by atoms with Gasteiger partial charge in [0.2, 0.25) is 0 Å². The minimum Gasteiger partial charge on any atom is -0.488 e. The van der Waals surface area contributed by atoms with Gasteiger partial charge in [0.05, 0.1) is 24.8 Å². The lowest BCUT2D eigenvalue weighted by Crippen LogP contribution is -2.40. The number of fused-ring (bicyclic) bond motifs is 1. The molecule has 6 rings (SSSR count). The van der Waals surface area contributed by atoms with Gasteiger partial charge < -0.3 is 19.7 Å². The van der Waals surface area contributed by atoms with Crippen LogP contribution in [0.25, 0.3) is 16.9 Å². The molecule has 2 aliphatic rings. The first-order chi connectivity index (χ1) is 18.2. The summed E-state index contributed by atoms with van der Waals surface area (Å²) in [5.74, 6) is 1.18. The zero-order valence-electron chi connectivity index (χ0n) is 20.4. The summed E-state index contributed by atoms with van der Waals surface area (Å²) in [6, 6.07) is 9.55. The molecule has 3 aromatic heterocycles. The van der Waals surface area contributed by atoms with Crippen LogP contribution >= 0.6 is 0 Å². The van der Waals surface area contributed by atoms with Crippen LogP contribution in [0, 0.1) is 0 Å². The van der Waals surface area contributed by atoms with Crippen molar-refractivity contribution in [2.75, 3.05) is 31.2 Å². The number of benzene rings is 1. The lowest BCUT2D eigenvalue weighted by molar-refractivity contribution is 0.0890. The van der Waals surface area contributed by atoms with Gasteiger partial charge in [-0.3, -0.25) is 14.3 Å². The summed E-state index contributed by atoms with van der Waals surface area (Å²) in [5.41, 5.74) is 3.04. The number of anilines is 1. The standard InChI is InChI=1S/C26H28N8O3/c35-26(21-2-1-3-24(32-21)34-16-29-30-17-34)31-18-4-6-20(7-5-18)37-23-15-19(33-10-12-36-13-11-33)14-22-25(23)28-9-8-27-22/h1-3,8-9,14-18,20H,4-7,10-13H2,(H,31,35)/t18-,20+. The Hall–Kier alpha value is -4.12. The fourth-order valence-corrected chi connectivity index (χ4v) is 4.90. The molecule has 1 saturated heterocycles. The van der Waals surface area contributed by atoms with Crippen LogP contribution in [0.4, 0.5) is 5.69 Å². The summed E-state index contributed by atoms with van der Waals surface area (Å²) in [5, 5.41) is 10.7. The van der Waals surface area contributed by atoms with Crippen molar-refractivity contribution < 1.29 is 14.3 Å². The third-order valence-electron chi connectivity index (χ3n) is 6.85. The van der Waals surface area contributed by atoms with E-state index in [1.54, 1.807) is 41.7 Å². The summed E-state index contributed by atoms with van der Waals surface area (Å²) >= 11 is 0. The Kier molecular flexibility index (Phi) is 6.59. The predicted molar refractivity (Wildman–Crippen MR) is 136 cm³/mol. The molecular formula is C26H28N8O3. The van der Waals surface area contributed by atoms with E-state index < -0.39 is 0 Å². The van der Waals surface area contributed by atoms with E-state index in [-0.39, 0.29) is 18.1 Å². The Labute approximate surface area is 213 Å². The van der Waals surface area contributed by atoms with E-state index in [9.17, 15) is 4.79 Å². The first kappa shape index (κ1) is 23.3. The number of aromatic nitrogens is 6. The molecule has 1 aromatic carbocycles. The number of ether oxygens (including phenoxy) is 2. The molecule has 11 nitrogen and oxygen atoms in total. The maximum atomic E-state index is 12.9. The molecule has 4 heterocycles. The van der Waals surface area contributed by atoms with E-state index in [1.807, 2.05) is 6.07 Å². The Morgan fingerprint density at radius 2 is 1.78 bits per heavy atom. The number of hydrogen-bond acceptors (Lipinski definition) is 9. The highest BCUT2D eigenvalue weighted by Gasteiger charge is 2.26. The van der Waals surface area contributed by atoms with Crippen molar-refractivity contribution in [2.45, 2.75) is 37.8 Å². The van der Waals surface area contributed by atoms with E-state index in [4.69, 9.17) is 9.47 Å². The van der Waals surface area contributed by atoms with Crippen LogP contribution in [0.1, 0.15) is 36.2 Å². The SMILES string of the molecule is O=C(N[C@H]1CC[C@@H](Oc2cc(N3CCOCC3)cc3nccnc23)CC1)c1cccc(-n2cnnc2)n1. The smallest absolute Gasteiger partial charge is 0.270 e. The number of pyridine rings is 1. The molecule has 0 bridgehead atoms. The van der Waals surface area contributed by atoms with E-state index in [0.717, 1.165) is 61.2 Å². The molecule has 1 aliphatic heterocycles. The van der Waals surface area contributed by atoms with Crippen molar-refractivity contribution in [3.8, 4) is 11.6 Å². The summed E-state index contributed by atoms with van der Waals surface area (Å²) in [6.45, 7) is 3.11. The molecule has 1 N–H and O–H groups in total. The minimum atomic E-state index is -0.182. The van der Waals surface area contributed by atoms with Crippen LogP contribution in [-0.4, -0.2) is 74.1 Å². The quantitative estimate of drug-likeness (QED) is 0.426. The van der Waals surface area contributed by atoms with Gasteiger partial charge in [-0.05, 0) is 43.9 Å². The highest BCUT2D eigenvalue weighted by atomic mass is 16.5. The average molecular weight is 501 g/mol. The third-order valence-corrected chi connectivity index (χ3v) is 6.85. The Balaban J connectivity index is 1.10. The number of rotatable bonds is 6. The molecule has 1 aliphatic carbocycles. The second-order valence-corrected chi connectivity index (χ2v) is 9.28. The third kappa shape index (κ3) is 5.21. The van der Waals surface area contributed by atoms with E-state index in [0.29, 0.717) is 24.7 Å². The molecule has 1 saturated carbocycles. The second kappa shape index (κ2) is 10.5. The molecule has 1 amide bonds. The molecule has 37 heavy (non-hydrogen) atoms. The van der Waals surface area contributed by atoms with Gasteiger partial charge in [0.15, 0.2) is 0 Å². The zero-order valence-corrected chi connectivity index (χ0v) is 20.4. The summed E-state index contributed by atoms with van der Waals surface area (Å²) in [6.07, 6.45) is 9.89. The maximum Gasteiger partial charge on any atom is 0.270 e. The van der Waals surface area contributed by atoms with Gasteiger partial charge in [0.1, 0.15) is 35.4 Å². The highest BCUT2D eigenvalue weighted by molar-refractivity contribution is 5.92. The second-order valence-electron chi connectivity index (χ2n) is 9.28. The molecular weight excluding hydrogens is 472 g/mol. The van der Waals surface area contributed by atoms with Crippen LogP contribution < -0.4 is 15.0 Å². The number of hydrogen-bond donors (Lipinski definition) is 1. The van der Waals surface area contributed by atoms with Gasteiger partial charge in [-0.1, -0.05) is 6.07 Å². The van der Waals surface area contributed by atoms with Crippen molar-refractivity contribution in [3.05, 3.63) is 61.1 Å². The van der Waals surface area contributed by atoms with Gasteiger partial charge in [0.25, 0.3) is 5.91 Å². The van der Waals surface area contributed by atoms with Crippen molar-refractivity contribution >= 4 is 22.6 Å². The van der Waals surface area contributed by atoms with Gasteiger partial charge >= 0.3 is 0 Å². The van der Waals surface area contributed by atoms with Crippen molar-refractivity contribution in [2.24, 2.45) is 0 Å². The number of carbonyl (C=O) groups is 1. The minimum absolute atomic E-state index is 0.0495. The van der Waals surface area contributed by atoms with Crippen molar-refractivity contribution in [1.82, 2.24) is 35.0 Å². The molecule has 190 valence electrons. The van der Waals surface area contributed by atoms with E-state index in [2.05, 4.69) is 47.5 Å². The number of nitrogens with zero attached hydrogens (tertiary/aromatic N) is 7. The van der Waals surface area contributed by atoms with Crippen LogP contribution in [0.5, 0.6) is 5.75 Å². The van der Waals surface area contributed by atoms with Gasteiger partial charge in [-0.25, -0.2) is 9.97 Å². The monoisotopic (exact) mass is 500 g/mol. The fourth-order valence-electron chi connectivity index (χ4n) is 4.90. The summed E-state index contributed by atoms with van der Waals surface area (Å²) < 4.78 is 13.7. The molecule has 0 atom stereocenters. The summed E-state index contributed by atoms with van der Waals surface area (Å²) in [4.78, 5) is 28.7. The Morgan fingerprint density at radius 1 is 1.00 bits per heavy atom. The Bertz CT molecular complexity index is 1370. The topological polar surface area (TPSA) is 120 Å². The van der Waals surface area contributed by atoms with Gasteiger partial charge in [-0.15, -0.1) is 10.2 Å². The average Bonchev–Trinajstić information content (AvgIpc) is 3.50. The van der Waals surface area contributed by atoms with Crippen LogP contribution in [-0.2, 0) is 4.74 Å². The molecule has 4 aromatic rings. The summed E-state index contributed by atoms with van der Waals surface area (Å²) in [7, 11) is 0. The normalized spacial score (nSPS) is 20.1. The van der Waals surface area contributed by atoms with Crippen molar-refractivity contribution in [1.29, 1.82) is 0 Å². The molecule has 0 unspecified atom stereocenters. The molecule has 11 heteroatoms. The lowest BCUT2D eigenvalue weighted by Gasteiger charge is -2.31. The molecule has 0 spiro atoms. The lowest BCUT2D eigenvalue weighted by atomic mass is 9.92. The van der Waals surface area contributed by atoms with Crippen LogP contribution in [0.15, 0.2) is 55.4 Å². The Morgan fingerprint density at radius 3 is 2.59 bits per heavy atom. The highest BCUT2D eigenvalue weighted by Crippen LogP contribution is 2.33. The maximum absolute atomic E-state index is 12.9. The van der Waals surface area contributed by atoms with Crippen LogP contribution in [0.3, 0.4) is 0 Å².